The van der Waals surface area contributed by atoms with Crippen LogP contribution in [0.4, 0.5) is 0 Å². The third-order valence-corrected chi connectivity index (χ3v) is 6.39. The molecular weight excluding hydrogens is 440 g/mol. The minimum atomic E-state index is -0.154. The van der Waals surface area contributed by atoms with Crippen LogP contribution in [-0.2, 0) is 17.8 Å². The molecule has 1 aliphatic heterocycles. The first-order valence-electron chi connectivity index (χ1n) is 11.8. The zero-order chi connectivity index (χ0) is 24.2. The van der Waals surface area contributed by atoms with Gasteiger partial charge >= 0.3 is 0 Å². The van der Waals surface area contributed by atoms with E-state index >= 15 is 0 Å². The normalized spacial score (nSPS) is 14.2. The predicted molar refractivity (Wildman–Crippen MR) is 136 cm³/mol. The molecule has 5 rings (SSSR count). The van der Waals surface area contributed by atoms with Crippen molar-refractivity contribution >= 4 is 16.8 Å². The molecule has 0 spiro atoms. The van der Waals surface area contributed by atoms with E-state index in [1.807, 2.05) is 37.3 Å². The van der Waals surface area contributed by atoms with Crippen molar-refractivity contribution in [2.75, 3.05) is 26.3 Å². The molecule has 4 aromatic rings. The van der Waals surface area contributed by atoms with E-state index < -0.39 is 0 Å². The number of ether oxygens (including phenoxy) is 1. The first-order chi connectivity index (χ1) is 17.1. The molecule has 0 radical (unpaired) electrons. The van der Waals surface area contributed by atoms with Crippen LogP contribution in [0.15, 0.2) is 77.6 Å². The summed E-state index contributed by atoms with van der Waals surface area (Å²) in [4.78, 5) is 32.8. The van der Waals surface area contributed by atoms with Crippen LogP contribution >= 0.6 is 0 Å². The zero-order valence-electron chi connectivity index (χ0n) is 19.7. The maximum atomic E-state index is 13.0. The molecule has 35 heavy (non-hydrogen) atoms. The van der Waals surface area contributed by atoms with Crippen molar-refractivity contribution < 1.29 is 9.53 Å². The highest BCUT2D eigenvalue weighted by Crippen LogP contribution is 2.15. The Labute approximate surface area is 204 Å². The average molecular weight is 469 g/mol. The Kier molecular flexibility index (Phi) is 6.70. The van der Waals surface area contributed by atoms with Crippen molar-refractivity contribution in [2.45, 2.75) is 20.0 Å². The summed E-state index contributed by atoms with van der Waals surface area (Å²) in [5.74, 6) is 0.446. The topological polar surface area (TPSA) is 76.5 Å². The van der Waals surface area contributed by atoms with Crippen LogP contribution < -0.4 is 10.9 Å². The Balaban J connectivity index is 1.29. The van der Waals surface area contributed by atoms with Gasteiger partial charge in [-0.1, -0.05) is 36.4 Å². The average Bonchev–Trinajstić information content (AvgIpc) is 2.89. The van der Waals surface area contributed by atoms with Crippen LogP contribution in [-0.4, -0.2) is 46.7 Å². The van der Waals surface area contributed by atoms with Gasteiger partial charge in [0, 0.05) is 31.7 Å². The quantitative estimate of drug-likeness (QED) is 0.469. The van der Waals surface area contributed by atoms with Crippen LogP contribution in [0.2, 0.25) is 0 Å². The van der Waals surface area contributed by atoms with Crippen LogP contribution in [0.5, 0.6) is 0 Å². The minimum Gasteiger partial charge on any atom is -0.379 e. The molecule has 3 aromatic carbocycles. The maximum Gasteiger partial charge on any atom is 0.265 e. The highest BCUT2D eigenvalue weighted by molar-refractivity contribution is 5.94. The molecule has 7 nitrogen and oxygen atoms in total. The number of hydrogen-bond donors (Lipinski definition) is 1. The first-order valence-corrected chi connectivity index (χ1v) is 11.8. The lowest BCUT2D eigenvalue weighted by atomic mass is 10.1. The molecule has 178 valence electrons. The molecule has 1 aromatic heterocycles. The Morgan fingerprint density at radius 3 is 2.40 bits per heavy atom. The lowest BCUT2D eigenvalue weighted by molar-refractivity contribution is 0.0340. The van der Waals surface area contributed by atoms with Gasteiger partial charge in [0.2, 0.25) is 0 Å². The van der Waals surface area contributed by atoms with Crippen LogP contribution in [0, 0.1) is 6.92 Å². The van der Waals surface area contributed by atoms with Crippen LogP contribution in [0.1, 0.15) is 27.3 Å². The summed E-state index contributed by atoms with van der Waals surface area (Å²) in [7, 11) is 0. The van der Waals surface area contributed by atoms with Crippen LogP contribution in [0.3, 0.4) is 0 Å². The molecule has 1 saturated heterocycles. The monoisotopic (exact) mass is 468 g/mol. The van der Waals surface area contributed by atoms with Gasteiger partial charge in [0.05, 0.1) is 29.8 Å². The Hall–Kier alpha value is -3.81. The van der Waals surface area contributed by atoms with Crippen molar-refractivity contribution in [1.29, 1.82) is 0 Å². The molecule has 1 N–H and O–H groups in total. The zero-order valence-corrected chi connectivity index (χ0v) is 19.7. The van der Waals surface area contributed by atoms with E-state index in [0.29, 0.717) is 34.5 Å². The number of hydrogen-bond acceptors (Lipinski definition) is 5. The summed E-state index contributed by atoms with van der Waals surface area (Å²) in [5, 5.41) is 3.60. The molecule has 0 unspecified atom stereocenters. The van der Waals surface area contributed by atoms with Crippen molar-refractivity contribution in [3.05, 3.63) is 106 Å². The van der Waals surface area contributed by atoms with Gasteiger partial charge in [-0.25, -0.2) is 4.98 Å². The van der Waals surface area contributed by atoms with Crippen molar-refractivity contribution in [1.82, 2.24) is 19.8 Å². The number of carbonyl (C=O) groups excluding carboxylic acids is 1. The summed E-state index contributed by atoms with van der Waals surface area (Å²) < 4.78 is 7.02. The molecule has 0 bridgehead atoms. The SMILES string of the molecule is Cc1nc2ccccc2c(=O)n1-c1ccc(C(=O)NCc2ccccc2CN2CCOCC2)cc1. The third kappa shape index (κ3) is 5.01. The molecule has 7 heteroatoms. The standard InChI is InChI=1S/C28H28N4O3/c1-20-30-26-9-5-4-8-25(26)28(34)32(20)24-12-10-21(11-13-24)27(33)29-18-22-6-2-3-7-23(22)19-31-14-16-35-17-15-31/h2-13H,14-19H2,1H3,(H,29,33). The maximum absolute atomic E-state index is 13.0. The van der Waals surface area contributed by atoms with Gasteiger partial charge in [-0.15, -0.1) is 0 Å². The van der Waals surface area contributed by atoms with Gasteiger partial charge in [-0.05, 0) is 54.4 Å². The second kappa shape index (κ2) is 10.2. The van der Waals surface area contributed by atoms with E-state index in [1.165, 1.54) is 5.56 Å². The fourth-order valence-electron chi connectivity index (χ4n) is 4.47. The summed E-state index contributed by atoms with van der Waals surface area (Å²) in [6.45, 7) is 6.46. The number of nitrogens with zero attached hydrogens (tertiary/aromatic N) is 3. The van der Waals surface area contributed by atoms with Gasteiger partial charge in [-0.3, -0.25) is 19.1 Å². The first kappa shape index (κ1) is 23.0. The molecule has 1 amide bonds. The summed E-state index contributed by atoms with van der Waals surface area (Å²) in [5.41, 5.74) is 4.09. The van der Waals surface area contributed by atoms with Crippen LogP contribution in [0.25, 0.3) is 16.6 Å². The predicted octanol–water partition coefficient (Wildman–Crippen LogP) is 3.46. The van der Waals surface area contributed by atoms with E-state index in [-0.39, 0.29) is 11.5 Å². The lowest BCUT2D eigenvalue weighted by Gasteiger charge is -2.27. The lowest BCUT2D eigenvalue weighted by Crippen LogP contribution is -2.36. The number of morpholine rings is 1. The largest absolute Gasteiger partial charge is 0.379 e. The minimum absolute atomic E-state index is 0.123. The number of para-hydroxylation sites is 1. The van der Waals surface area contributed by atoms with E-state index in [4.69, 9.17) is 4.74 Å². The third-order valence-electron chi connectivity index (χ3n) is 6.39. The molecule has 0 aliphatic carbocycles. The second-order valence-electron chi connectivity index (χ2n) is 8.70. The summed E-state index contributed by atoms with van der Waals surface area (Å²) in [6.07, 6.45) is 0. The highest BCUT2D eigenvalue weighted by Gasteiger charge is 2.14. The molecule has 1 aliphatic rings. The van der Waals surface area contributed by atoms with Gasteiger partial charge in [0.15, 0.2) is 0 Å². The smallest absolute Gasteiger partial charge is 0.265 e. The highest BCUT2D eigenvalue weighted by atomic mass is 16.5. The number of carbonyl (C=O) groups is 1. The fourth-order valence-corrected chi connectivity index (χ4v) is 4.47. The van der Waals surface area contributed by atoms with Gasteiger partial charge in [-0.2, -0.15) is 0 Å². The molecule has 2 heterocycles. The van der Waals surface area contributed by atoms with E-state index in [2.05, 4.69) is 27.3 Å². The van der Waals surface area contributed by atoms with Gasteiger partial charge in [0.1, 0.15) is 5.82 Å². The number of fused-ring (bicyclic) bond motifs is 1. The number of aromatic nitrogens is 2. The van der Waals surface area contributed by atoms with Crippen molar-refractivity contribution in [3.63, 3.8) is 0 Å². The number of aryl methyl sites for hydroxylation is 1. The van der Waals surface area contributed by atoms with Gasteiger partial charge in [0.25, 0.3) is 11.5 Å². The second-order valence-corrected chi connectivity index (χ2v) is 8.70. The Morgan fingerprint density at radius 2 is 1.63 bits per heavy atom. The number of amides is 1. The molecule has 0 atom stereocenters. The van der Waals surface area contributed by atoms with E-state index in [1.54, 1.807) is 34.9 Å². The molecule has 0 saturated carbocycles. The number of nitrogens with one attached hydrogen (secondary N) is 1. The van der Waals surface area contributed by atoms with Crippen molar-refractivity contribution in [2.24, 2.45) is 0 Å². The van der Waals surface area contributed by atoms with Gasteiger partial charge < -0.3 is 10.1 Å². The molecule has 1 fully saturated rings. The van der Waals surface area contributed by atoms with E-state index in [9.17, 15) is 9.59 Å². The Bertz CT molecular complexity index is 1410. The fraction of sp³-hybridized carbons (Fsp3) is 0.250. The Morgan fingerprint density at radius 1 is 0.943 bits per heavy atom. The number of benzene rings is 3. The van der Waals surface area contributed by atoms with E-state index in [0.717, 1.165) is 38.4 Å². The summed E-state index contributed by atoms with van der Waals surface area (Å²) in [6, 6.07) is 22.6. The van der Waals surface area contributed by atoms with Crippen molar-refractivity contribution in [3.8, 4) is 5.69 Å². The number of rotatable bonds is 6. The molecular formula is C28H28N4O3. The summed E-state index contributed by atoms with van der Waals surface area (Å²) >= 11 is 0.